The molecule has 2 nitrogen and oxygen atoms in total. The van der Waals surface area contributed by atoms with Gasteiger partial charge in [-0.2, -0.15) is 0 Å². The minimum Gasteiger partial charge on any atom is -0.486 e. The van der Waals surface area contributed by atoms with Crippen LogP contribution in [0.25, 0.3) is 0 Å². The Morgan fingerprint density at radius 2 is 1.90 bits per heavy atom. The van der Waals surface area contributed by atoms with Crippen molar-refractivity contribution >= 4 is 0 Å². The first kappa shape index (κ1) is 14.0. The third kappa shape index (κ3) is 2.63. The van der Waals surface area contributed by atoms with Gasteiger partial charge in [0.2, 0.25) is 0 Å². The molecule has 0 saturated heterocycles. The van der Waals surface area contributed by atoms with E-state index in [1.807, 2.05) is 38.1 Å². The maximum atomic E-state index is 13.7. The minimum absolute atomic E-state index is 0.0728. The maximum Gasteiger partial charge on any atom is 0.127 e. The van der Waals surface area contributed by atoms with Gasteiger partial charge in [-0.3, -0.25) is 0 Å². The van der Waals surface area contributed by atoms with E-state index >= 15 is 0 Å². The Kier molecular flexibility index (Phi) is 3.41. The molecule has 0 fully saturated rings. The van der Waals surface area contributed by atoms with E-state index in [1.54, 1.807) is 0 Å². The smallest absolute Gasteiger partial charge is 0.127 e. The van der Waals surface area contributed by atoms with Gasteiger partial charge in [-0.1, -0.05) is 18.2 Å². The zero-order valence-corrected chi connectivity index (χ0v) is 12.0. The number of fused-ring (bicyclic) bond motifs is 1. The Morgan fingerprint density at radius 3 is 2.71 bits per heavy atom. The standard InChI is InChI=1S/C17H17F2NO/c1-17(2)16(13-5-3-4-6-15(13)21-17)20-10-11-9-12(18)7-8-14(11)19/h3-9,16,20H,10H2,1-2H3. The Labute approximate surface area is 122 Å². The number of hydrogen-bond donors (Lipinski definition) is 1. The highest BCUT2D eigenvalue weighted by Crippen LogP contribution is 2.42. The molecule has 1 aliphatic rings. The Hall–Kier alpha value is -1.94. The fourth-order valence-electron chi connectivity index (χ4n) is 2.78. The highest BCUT2D eigenvalue weighted by atomic mass is 19.1. The summed E-state index contributed by atoms with van der Waals surface area (Å²) >= 11 is 0. The van der Waals surface area contributed by atoms with Gasteiger partial charge < -0.3 is 10.1 Å². The van der Waals surface area contributed by atoms with Crippen LogP contribution in [0.3, 0.4) is 0 Å². The van der Waals surface area contributed by atoms with Crippen LogP contribution in [0, 0.1) is 11.6 Å². The lowest BCUT2D eigenvalue weighted by molar-refractivity contribution is 0.0956. The van der Waals surface area contributed by atoms with Gasteiger partial charge in [0.25, 0.3) is 0 Å². The number of benzene rings is 2. The molecule has 0 aliphatic carbocycles. The van der Waals surface area contributed by atoms with Crippen LogP contribution in [0.1, 0.15) is 31.0 Å². The number of halogens is 2. The van der Waals surface area contributed by atoms with E-state index in [1.165, 1.54) is 6.07 Å². The fourth-order valence-corrected chi connectivity index (χ4v) is 2.78. The molecule has 0 radical (unpaired) electrons. The summed E-state index contributed by atoms with van der Waals surface area (Å²) in [6.07, 6.45) is 0. The average molecular weight is 289 g/mol. The zero-order valence-electron chi connectivity index (χ0n) is 12.0. The van der Waals surface area contributed by atoms with Crippen molar-refractivity contribution in [2.24, 2.45) is 0 Å². The summed E-state index contributed by atoms with van der Waals surface area (Å²) < 4.78 is 32.8. The molecule has 2 aromatic rings. The molecule has 1 N–H and O–H groups in total. The van der Waals surface area contributed by atoms with E-state index in [9.17, 15) is 8.78 Å². The van der Waals surface area contributed by atoms with Crippen LogP contribution in [0.15, 0.2) is 42.5 Å². The van der Waals surface area contributed by atoms with Gasteiger partial charge in [0, 0.05) is 17.7 Å². The summed E-state index contributed by atoms with van der Waals surface area (Å²) in [6.45, 7) is 4.20. The molecule has 1 aliphatic heterocycles. The van der Waals surface area contributed by atoms with Crippen LogP contribution in [-0.4, -0.2) is 5.60 Å². The molecule has 1 atom stereocenters. The van der Waals surface area contributed by atoms with Crippen molar-refractivity contribution in [1.29, 1.82) is 0 Å². The molecular formula is C17H17F2NO. The molecule has 1 unspecified atom stereocenters. The maximum absolute atomic E-state index is 13.7. The topological polar surface area (TPSA) is 21.3 Å². The van der Waals surface area contributed by atoms with E-state index < -0.39 is 17.2 Å². The molecule has 0 aromatic heterocycles. The average Bonchev–Trinajstić information content (AvgIpc) is 2.69. The Bertz CT molecular complexity index is 670. The van der Waals surface area contributed by atoms with Gasteiger partial charge in [0.1, 0.15) is 23.0 Å². The number of nitrogens with one attached hydrogen (secondary N) is 1. The lowest BCUT2D eigenvalue weighted by Crippen LogP contribution is -2.39. The molecule has 0 saturated carbocycles. The zero-order chi connectivity index (χ0) is 15.0. The Morgan fingerprint density at radius 1 is 1.14 bits per heavy atom. The van der Waals surface area contributed by atoms with Crippen molar-refractivity contribution in [2.45, 2.75) is 32.0 Å². The SMILES string of the molecule is CC1(C)Oc2ccccc2C1NCc1cc(F)ccc1F. The fraction of sp³-hybridized carbons (Fsp3) is 0.294. The van der Waals surface area contributed by atoms with Crippen LogP contribution in [-0.2, 0) is 6.54 Å². The molecule has 21 heavy (non-hydrogen) atoms. The summed E-state index contributed by atoms with van der Waals surface area (Å²) in [7, 11) is 0. The summed E-state index contributed by atoms with van der Waals surface area (Å²) in [6, 6.07) is 11.2. The van der Waals surface area contributed by atoms with Gasteiger partial charge >= 0.3 is 0 Å². The molecular weight excluding hydrogens is 272 g/mol. The van der Waals surface area contributed by atoms with E-state index in [4.69, 9.17) is 4.74 Å². The lowest BCUT2D eigenvalue weighted by atomic mass is 9.94. The molecule has 0 bridgehead atoms. The molecule has 3 rings (SSSR count). The first-order valence-electron chi connectivity index (χ1n) is 6.92. The third-order valence-electron chi connectivity index (χ3n) is 3.80. The van der Waals surface area contributed by atoms with Crippen LogP contribution in [0.2, 0.25) is 0 Å². The van der Waals surface area contributed by atoms with Gasteiger partial charge in [0.15, 0.2) is 0 Å². The van der Waals surface area contributed by atoms with Gasteiger partial charge in [-0.05, 0) is 38.1 Å². The third-order valence-corrected chi connectivity index (χ3v) is 3.80. The van der Waals surface area contributed by atoms with E-state index in [-0.39, 0.29) is 12.6 Å². The number of hydrogen-bond acceptors (Lipinski definition) is 2. The number of ether oxygens (including phenoxy) is 1. The van der Waals surface area contributed by atoms with Crippen molar-refractivity contribution in [2.75, 3.05) is 0 Å². The first-order valence-corrected chi connectivity index (χ1v) is 6.92. The van der Waals surface area contributed by atoms with Crippen LogP contribution in [0.4, 0.5) is 8.78 Å². The van der Waals surface area contributed by atoms with E-state index in [2.05, 4.69) is 5.32 Å². The second-order valence-electron chi connectivity index (χ2n) is 5.79. The summed E-state index contributed by atoms with van der Waals surface area (Å²) in [4.78, 5) is 0. The van der Waals surface area contributed by atoms with Crippen molar-refractivity contribution in [1.82, 2.24) is 5.32 Å². The highest BCUT2D eigenvalue weighted by Gasteiger charge is 2.40. The molecule has 2 aromatic carbocycles. The van der Waals surface area contributed by atoms with E-state index in [0.717, 1.165) is 23.4 Å². The largest absolute Gasteiger partial charge is 0.486 e. The minimum atomic E-state index is -0.437. The molecule has 0 spiro atoms. The Balaban J connectivity index is 1.83. The lowest BCUT2D eigenvalue weighted by Gasteiger charge is -2.27. The molecule has 110 valence electrons. The second kappa shape index (κ2) is 5.11. The predicted molar refractivity (Wildman–Crippen MR) is 77.1 cm³/mol. The van der Waals surface area contributed by atoms with Gasteiger partial charge in [-0.15, -0.1) is 0 Å². The number of para-hydroxylation sites is 1. The van der Waals surface area contributed by atoms with Gasteiger partial charge in [0.05, 0.1) is 6.04 Å². The normalized spacial score (nSPS) is 19.1. The monoisotopic (exact) mass is 289 g/mol. The molecule has 4 heteroatoms. The van der Waals surface area contributed by atoms with Crippen LogP contribution in [0.5, 0.6) is 5.75 Å². The van der Waals surface area contributed by atoms with Crippen molar-refractivity contribution in [3.8, 4) is 5.75 Å². The van der Waals surface area contributed by atoms with Crippen molar-refractivity contribution in [3.63, 3.8) is 0 Å². The van der Waals surface area contributed by atoms with Crippen molar-refractivity contribution in [3.05, 3.63) is 65.2 Å². The highest BCUT2D eigenvalue weighted by molar-refractivity contribution is 5.42. The summed E-state index contributed by atoms with van der Waals surface area (Å²) in [5.41, 5.74) is 0.919. The molecule has 1 heterocycles. The van der Waals surface area contributed by atoms with Gasteiger partial charge in [-0.25, -0.2) is 8.78 Å². The molecule has 0 amide bonds. The second-order valence-corrected chi connectivity index (χ2v) is 5.79. The predicted octanol–water partition coefficient (Wildman–Crippen LogP) is 3.97. The van der Waals surface area contributed by atoms with Crippen LogP contribution < -0.4 is 10.1 Å². The number of rotatable bonds is 3. The van der Waals surface area contributed by atoms with E-state index in [0.29, 0.717) is 5.56 Å². The first-order chi connectivity index (χ1) is 9.97. The summed E-state index contributed by atoms with van der Waals surface area (Å²) in [5, 5.41) is 3.28. The van der Waals surface area contributed by atoms with Crippen molar-refractivity contribution < 1.29 is 13.5 Å². The summed E-state index contributed by atoms with van der Waals surface area (Å²) in [5.74, 6) is -0.0100. The quantitative estimate of drug-likeness (QED) is 0.923. The van der Waals surface area contributed by atoms with Crippen LogP contribution >= 0.6 is 0 Å².